The summed E-state index contributed by atoms with van der Waals surface area (Å²) < 4.78 is 27.4. The number of fused-ring (bicyclic) bond motifs is 1. The van der Waals surface area contributed by atoms with Crippen molar-refractivity contribution in [2.75, 3.05) is 7.05 Å². The molecule has 5 N–H and O–H groups in total. The minimum Gasteiger partial charge on any atom is -0.361 e. The van der Waals surface area contributed by atoms with Crippen LogP contribution in [0, 0.1) is 11.8 Å². The Morgan fingerprint density at radius 3 is 2.00 bits per heavy atom. The van der Waals surface area contributed by atoms with Gasteiger partial charge in [-0.1, -0.05) is 85.7 Å². The maximum atomic E-state index is 13.7. The van der Waals surface area contributed by atoms with Gasteiger partial charge in [-0.2, -0.15) is 0 Å². The minimum absolute atomic E-state index is 0.0639. The molecule has 0 fully saturated rings. The highest BCUT2D eigenvalue weighted by atomic mass is 32.2. The predicted molar refractivity (Wildman–Crippen MR) is 183 cm³/mol. The molecule has 10 nitrogen and oxygen atoms in total. The topological polar surface area (TPSA) is 149 Å². The van der Waals surface area contributed by atoms with Crippen LogP contribution in [0.1, 0.15) is 108 Å². The molecule has 3 aromatic rings. The zero-order valence-electron chi connectivity index (χ0n) is 28.6. The number of hydrazine groups is 1. The lowest BCUT2D eigenvalue weighted by Crippen LogP contribution is -2.50. The molecule has 1 heterocycles. The van der Waals surface area contributed by atoms with E-state index in [0.717, 1.165) is 22.0 Å². The van der Waals surface area contributed by atoms with Crippen LogP contribution in [0.2, 0.25) is 0 Å². The number of carbonyl (C=O) groups is 3. The fourth-order valence-electron chi connectivity index (χ4n) is 5.70. The Hall–Kier alpha value is -3.70. The maximum absolute atomic E-state index is 13.7. The van der Waals surface area contributed by atoms with Crippen LogP contribution < -0.4 is 20.9 Å². The van der Waals surface area contributed by atoms with Crippen LogP contribution >= 0.6 is 0 Å². The van der Waals surface area contributed by atoms with E-state index in [1.807, 2.05) is 84.1 Å². The van der Waals surface area contributed by atoms with Gasteiger partial charge < -0.3 is 15.6 Å². The van der Waals surface area contributed by atoms with Gasteiger partial charge in [0.2, 0.25) is 17.7 Å². The lowest BCUT2D eigenvalue weighted by molar-refractivity contribution is -0.133. The molecule has 0 unspecified atom stereocenters. The Labute approximate surface area is 273 Å². The molecule has 0 aliphatic rings. The number of aromatic amines is 1. The molecule has 11 heteroatoms. The standard InChI is InChI=1S/C35H51N5O5S/c1-20(2)14-25(34(42)38-31(35(43)36-9)17-26-19-37-30-13-11-10-12-27(26)30)18-32(41)39-40-46(44,45)33-28(22(5)6)15-24(21(3)4)16-29(33)23(7)8/h10-13,15-16,19-23,25,31,37,40H,14,17-18H2,1-9H3,(H,36,43)(H,38,42)(H,39,41)/t25-,31+/m1/s1. The monoisotopic (exact) mass is 653 g/mol. The molecule has 2 aromatic carbocycles. The molecule has 3 amide bonds. The number of likely N-dealkylation sites (N-methyl/N-ethyl adjacent to an activating group) is 1. The van der Waals surface area contributed by atoms with Crippen LogP contribution in [0.5, 0.6) is 0 Å². The molecule has 1 aromatic heterocycles. The van der Waals surface area contributed by atoms with Crippen molar-refractivity contribution in [2.24, 2.45) is 11.8 Å². The van der Waals surface area contributed by atoms with Crippen molar-refractivity contribution in [1.82, 2.24) is 25.9 Å². The van der Waals surface area contributed by atoms with Gasteiger partial charge in [0.15, 0.2) is 0 Å². The minimum atomic E-state index is -4.15. The quantitative estimate of drug-likeness (QED) is 0.140. The fourth-order valence-corrected chi connectivity index (χ4v) is 7.26. The molecule has 2 atom stereocenters. The van der Waals surface area contributed by atoms with Gasteiger partial charge in [-0.3, -0.25) is 19.8 Å². The van der Waals surface area contributed by atoms with Gasteiger partial charge in [-0.25, -0.2) is 8.42 Å². The van der Waals surface area contributed by atoms with Gasteiger partial charge in [0.25, 0.3) is 10.0 Å². The van der Waals surface area contributed by atoms with Crippen molar-refractivity contribution in [3.05, 3.63) is 64.8 Å². The largest absolute Gasteiger partial charge is 0.361 e. The van der Waals surface area contributed by atoms with E-state index < -0.39 is 33.8 Å². The lowest BCUT2D eigenvalue weighted by Gasteiger charge is -2.24. The highest BCUT2D eigenvalue weighted by Crippen LogP contribution is 2.35. The third-order valence-corrected chi connectivity index (χ3v) is 9.59. The molecule has 3 rings (SSSR count). The number of amides is 3. The number of nitrogens with one attached hydrogen (secondary N) is 5. The van der Waals surface area contributed by atoms with Gasteiger partial charge in [-0.05, 0) is 58.4 Å². The van der Waals surface area contributed by atoms with Gasteiger partial charge in [-0.15, -0.1) is 4.83 Å². The number of rotatable bonds is 15. The number of hydrogen-bond donors (Lipinski definition) is 5. The number of para-hydroxylation sites is 1. The first kappa shape index (κ1) is 36.8. The normalized spacial score (nSPS) is 13.4. The molecule has 0 bridgehead atoms. The Morgan fingerprint density at radius 1 is 0.848 bits per heavy atom. The summed E-state index contributed by atoms with van der Waals surface area (Å²) in [6.45, 7) is 15.8. The number of aromatic nitrogens is 1. The number of H-pyrrole nitrogens is 1. The van der Waals surface area contributed by atoms with Gasteiger partial charge in [0.1, 0.15) is 6.04 Å². The van der Waals surface area contributed by atoms with Gasteiger partial charge >= 0.3 is 0 Å². The van der Waals surface area contributed by atoms with Crippen molar-refractivity contribution in [3.8, 4) is 0 Å². The molecule has 252 valence electrons. The zero-order chi connectivity index (χ0) is 34.3. The number of sulfonamides is 1. The molecule has 46 heavy (non-hydrogen) atoms. The summed E-state index contributed by atoms with van der Waals surface area (Å²) in [5.41, 5.74) is 6.57. The second-order valence-corrected chi connectivity index (χ2v) is 15.0. The predicted octanol–water partition coefficient (Wildman–Crippen LogP) is 5.37. The summed E-state index contributed by atoms with van der Waals surface area (Å²) in [7, 11) is -2.64. The van der Waals surface area contributed by atoms with E-state index >= 15 is 0 Å². The summed E-state index contributed by atoms with van der Waals surface area (Å²) >= 11 is 0. The first-order valence-electron chi connectivity index (χ1n) is 16.1. The molecule has 0 saturated heterocycles. The zero-order valence-corrected chi connectivity index (χ0v) is 29.4. The van der Waals surface area contributed by atoms with Crippen molar-refractivity contribution in [2.45, 2.75) is 103 Å². The first-order valence-corrected chi connectivity index (χ1v) is 17.6. The van der Waals surface area contributed by atoms with Crippen LogP contribution in [0.3, 0.4) is 0 Å². The van der Waals surface area contributed by atoms with E-state index in [-0.39, 0.29) is 47.3 Å². The van der Waals surface area contributed by atoms with E-state index in [1.165, 1.54) is 7.05 Å². The van der Waals surface area contributed by atoms with Crippen molar-refractivity contribution >= 4 is 38.6 Å². The van der Waals surface area contributed by atoms with Gasteiger partial charge in [0.05, 0.1) is 4.90 Å². The number of benzene rings is 2. The summed E-state index contributed by atoms with van der Waals surface area (Å²) in [6, 6.07) is 10.7. The highest BCUT2D eigenvalue weighted by Gasteiger charge is 2.30. The van der Waals surface area contributed by atoms with E-state index in [9.17, 15) is 22.8 Å². The summed E-state index contributed by atoms with van der Waals surface area (Å²) in [5.74, 6) is -2.11. The van der Waals surface area contributed by atoms with E-state index in [4.69, 9.17) is 0 Å². The molecule has 0 spiro atoms. The fraction of sp³-hybridized carbons (Fsp3) is 0.514. The van der Waals surface area contributed by atoms with Crippen LogP contribution in [0.25, 0.3) is 10.9 Å². The highest BCUT2D eigenvalue weighted by molar-refractivity contribution is 7.89. The SMILES string of the molecule is CNC(=O)[C@H](Cc1c[nH]c2ccccc12)NC(=O)[C@@H](CC(=O)NNS(=O)(=O)c1c(C(C)C)cc(C(C)C)cc1C(C)C)CC(C)C. The number of hydrogen-bond acceptors (Lipinski definition) is 5. The molecule has 0 aliphatic carbocycles. The Kier molecular flexibility index (Phi) is 12.6. The van der Waals surface area contributed by atoms with Crippen LogP contribution in [0.15, 0.2) is 47.5 Å². The molecule has 0 saturated carbocycles. The smallest absolute Gasteiger partial charge is 0.257 e. The Bertz CT molecular complexity index is 1610. The molecule has 0 radical (unpaired) electrons. The van der Waals surface area contributed by atoms with Gasteiger partial charge in [0, 0.05) is 42.9 Å². The Balaban J connectivity index is 1.80. The third-order valence-electron chi connectivity index (χ3n) is 8.21. The van der Waals surface area contributed by atoms with Crippen LogP contribution in [0.4, 0.5) is 0 Å². The van der Waals surface area contributed by atoms with Crippen molar-refractivity contribution < 1.29 is 22.8 Å². The van der Waals surface area contributed by atoms with Crippen molar-refractivity contribution in [3.63, 3.8) is 0 Å². The molecule has 0 aliphatic heterocycles. The van der Waals surface area contributed by atoms with E-state index in [0.29, 0.717) is 17.5 Å². The summed E-state index contributed by atoms with van der Waals surface area (Å²) in [5, 5.41) is 6.42. The van der Waals surface area contributed by atoms with Crippen LogP contribution in [-0.2, 0) is 30.8 Å². The molecular weight excluding hydrogens is 602 g/mol. The van der Waals surface area contributed by atoms with E-state index in [2.05, 4.69) is 39.7 Å². The van der Waals surface area contributed by atoms with E-state index in [1.54, 1.807) is 0 Å². The van der Waals surface area contributed by atoms with Crippen LogP contribution in [-0.4, -0.2) is 44.2 Å². The maximum Gasteiger partial charge on any atom is 0.257 e. The lowest BCUT2D eigenvalue weighted by atomic mass is 9.89. The third kappa shape index (κ3) is 9.19. The average molecular weight is 654 g/mol. The second-order valence-electron chi connectivity index (χ2n) is 13.4. The Morgan fingerprint density at radius 2 is 1.46 bits per heavy atom. The summed E-state index contributed by atoms with van der Waals surface area (Å²) in [6.07, 6.45) is 2.18. The first-order chi connectivity index (χ1) is 21.5. The summed E-state index contributed by atoms with van der Waals surface area (Å²) in [4.78, 5) is 45.2. The average Bonchev–Trinajstić information content (AvgIpc) is 3.40. The second kappa shape index (κ2) is 15.7. The molecular formula is C35H51N5O5S. The number of carbonyl (C=O) groups excluding carboxylic acids is 3. The van der Waals surface area contributed by atoms with Crippen molar-refractivity contribution in [1.29, 1.82) is 0 Å².